The molecule has 3 aromatic carbocycles. The minimum atomic E-state index is -0.605. The molecule has 34 heavy (non-hydrogen) atoms. The van der Waals surface area contributed by atoms with Crippen LogP contribution < -0.4 is 9.47 Å². The van der Waals surface area contributed by atoms with Gasteiger partial charge >= 0.3 is 11.9 Å². The molecule has 0 bridgehead atoms. The zero-order valence-electron chi connectivity index (χ0n) is 17.6. The van der Waals surface area contributed by atoms with Crippen molar-refractivity contribution in [2.24, 2.45) is 0 Å². The van der Waals surface area contributed by atoms with Gasteiger partial charge in [0, 0.05) is 36.1 Å². The van der Waals surface area contributed by atoms with Gasteiger partial charge in [0.25, 0.3) is 0 Å². The lowest BCUT2D eigenvalue weighted by molar-refractivity contribution is -0.132. The minimum absolute atomic E-state index is 0.00352. The molecule has 0 saturated heterocycles. The Balaban J connectivity index is 1.85. The Morgan fingerprint density at radius 3 is 1.03 bits per heavy atom. The molecular formula is C24H14Cl4O6. The van der Waals surface area contributed by atoms with Crippen LogP contribution in [0.4, 0.5) is 0 Å². The molecule has 0 aliphatic rings. The van der Waals surface area contributed by atoms with E-state index < -0.39 is 23.5 Å². The molecule has 0 radical (unpaired) electrons. The first kappa shape index (κ1) is 25.7. The number of carbonyl (C=O) groups excluding carboxylic acids is 4. The molecule has 10 heteroatoms. The molecule has 0 aromatic heterocycles. The number of rotatable bonds is 6. The van der Waals surface area contributed by atoms with Gasteiger partial charge in [-0.05, 0) is 24.3 Å². The van der Waals surface area contributed by atoms with Crippen LogP contribution in [0.25, 0.3) is 0 Å². The number of ether oxygens (including phenoxy) is 2. The highest BCUT2D eigenvalue weighted by Crippen LogP contribution is 2.36. The van der Waals surface area contributed by atoms with Crippen molar-refractivity contribution in [3.63, 3.8) is 0 Å². The van der Waals surface area contributed by atoms with Crippen molar-refractivity contribution in [3.8, 4) is 11.5 Å². The lowest BCUT2D eigenvalue weighted by atomic mass is 9.98. The van der Waals surface area contributed by atoms with Gasteiger partial charge in [0.15, 0.2) is 23.1 Å². The van der Waals surface area contributed by atoms with Crippen LogP contribution >= 0.6 is 46.4 Å². The third kappa shape index (κ3) is 5.77. The maximum Gasteiger partial charge on any atom is 0.308 e. The van der Waals surface area contributed by atoms with Crippen LogP contribution in [0.5, 0.6) is 11.5 Å². The van der Waals surface area contributed by atoms with E-state index in [2.05, 4.69) is 0 Å². The zero-order valence-corrected chi connectivity index (χ0v) is 20.6. The lowest BCUT2D eigenvalue weighted by Gasteiger charge is -2.10. The molecule has 3 aromatic rings. The van der Waals surface area contributed by atoms with Gasteiger partial charge < -0.3 is 9.47 Å². The van der Waals surface area contributed by atoms with Gasteiger partial charge in [-0.3, -0.25) is 19.2 Å². The topological polar surface area (TPSA) is 86.7 Å². The van der Waals surface area contributed by atoms with Crippen LogP contribution in [0, 0.1) is 0 Å². The largest absolute Gasteiger partial charge is 0.424 e. The van der Waals surface area contributed by atoms with Gasteiger partial charge in [-0.1, -0.05) is 70.7 Å². The van der Waals surface area contributed by atoms with Gasteiger partial charge in [0.05, 0.1) is 20.1 Å². The van der Waals surface area contributed by atoms with Crippen LogP contribution in [0.3, 0.4) is 0 Å². The molecular weight excluding hydrogens is 526 g/mol. The summed E-state index contributed by atoms with van der Waals surface area (Å²) in [5, 5.41) is 0.0141. The van der Waals surface area contributed by atoms with E-state index in [0.29, 0.717) is 0 Å². The molecule has 0 spiro atoms. The lowest BCUT2D eigenvalue weighted by Crippen LogP contribution is -2.07. The fourth-order valence-corrected chi connectivity index (χ4v) is 4.10. The number of carbonyl (C=O) groups is 4. The number of ketones is 2. The van der Waals surface area contributed by atoms with E-state index in [1.54, 1.807) is 0 Å². The summed E-state index contributed by atoms with van der Waals surface area (Å²) in [6, 6.07) is 11.2. The molecule has 0 fully saturated rings. The smallest absolute Gasteiger partial charge is 0.308 e. The second kappa shape index (κ2) is 10.6. The van der Waals surface area contributed by atoms with E-state index >= 15 is 0 Å². The van der Waals surface area contributed by atoms with Crippen molar-refractivity contribution in [1.82, 2.24) is 0 Å². The maximum atomic E-state index is 12.9. The molecule has 0 atom stereocenters. The summed E-state index contributed by atoms with van der Waals surface area (Å²) in [5.74, 6) is -2.10. The summed E-state index contributed by atoms with van der Waals surface area (Å²) >= 11 is 24.4. The summed E-state index contributed by atoms with van der Waals surface area (Å²) in [4.78, 5) is 48.1. The molecule has 6 nitrogen and oxygen atoms in total. The van der Waals surface area contributed by atoms with Gasteiger partial charge in [0.2, 0.25) is 0 Å². The number of benzene rings is 3. The van der Waals surface area contributed by atoms with Crippen molar-refractivity contribution < 1.29 is 28.7 Å². The molecule has 0 aliphatic carbocycles. The summed E-state index contributed by atoms with van der Waals surface area (Å²) in [7, 11) is 0. The van der Waals surface area contributed by atoms with Crippen LogP contribution in [-0.2, 0) is 9.59 Å². The summed E-state index contributed by atoms with van der Waals surface area (Å²) in [6.07, 6.45) is 0. The third-order valence-electron chi connectivity index (χ3n) is 4.42. The predicted molar refractivity (Wildman–Crippen MR) is 129 cm³/mol. The third-order valence-corrected chi connectivity index (χ3v) is 5.54. The Kier molecular flexibility index (Phi) is 8.00. The minimum Gasteiger partial charge on any atom is -0.424 e. The zero-order chi connectivity index (χ0) is 25.2. The van der Waals surface area contributed by atoms with Crippen LogP contribution in [0.2, 0.25) is 20.1 Å². The van der Waals surface area contributed by atoms with Crippen LogP contribution in [0.1, 0.15) is 45.7 Å². The fraction of sp³-hybridized carbons (Fsp3) is 0.0833. The SMILES string of the molecule is CC(=O)Oc1c(Cl)cc(C(=O)c2ccc(C(=O)c3cc(Cl)c(OC(C)=O)c(Cl)c3)cc2)cc1Cl. The van der Waals surface area contributed by atoms with Gasteiger partial charge in [-0.15, -0.1) is 0 Å². The number of halogens is 4. The number of hydrogen-bond donors (Lipinski definition) is 0. The molecule has 0 aliphatic heterocycles. The van der Waals surface area contributed by atoms with E-state index in [9.17, 15) is 19.2 Å². The van der Waals surface area contributed by atoms with Crippen molar-refractivity contribution >= 4 is 69.9 Å². The first-order valence-electron chi connectivity index (χ1n) is 9.52. The first-order valence-corrected chi connectivity index (χ1v) is 11.0. The van der Waals surface area contributed by atoms with Gasteiger partial charge in [-0.2, -0.15) is 0 Å². The van der Waals surface area contributed by atoms with E-state index in [1.807, 2.05) is 0 Å². The Hall–Kier alpha value is -2.90. The fourth-order valence-electron chi connectivity index (χ4n) is 2.97. The van der Waals surface area contributed by atoms with Crippen molar-refractivity contribution in [2.75, 3.05) is 0 Å². The Labute approximate surface area is 214 Å². The number of hydrogen-bond acceptors (Lipinski definition) is 6. The average molecular weight is 540 g/mol. The molecule has 0 saturated carbocycles. The van der Waals surface area contributed by atoms with Gasteiger partial charge in [-0.25, -0.2) is 0 Å². The second-order valence-electron chi connectivity index (χ2n) is 6.96. The van der Waals surface area contributed by atoms with E-state index in [-0.39, 0.29) is 53.8 Å². The molecule has 0 unspecified atom stereocenters. The summed E-state index contributed by atoms with van der Waals surface area (Å²) in [6.45, 7) is 2.40. The Morgan fingerprint density at radius 2 is 0.794 bits per heavy atom. The molecule has 0 amide bonds. The normalized spacial score (nSPS) is 10.5. The van der Waals surface area contributed by atoms with E-state index in [0.717, 1.165) is 0 Å². The molecule has 3 rings (SSSR count). The average Bonchev–Trinajstić information content (AvgIpc) is 2.77. The van der Waals surface area contributed by atoms with Crippen molar-refractivity contribution in [2.45, 2.75) is 13.8 Å². The highest BCUT2D eigenvalue weighted by Gasteiger charge is 2.19. The summed E-state index contributed by atoms with van der Waals surface area (Å²) < 4.78 is 9.90. The second-order valence-corrected chi connectivity index (χ2v) is 8.59. The molecule has 0 N–H and O–H groups in total. The molecule has 174 valence electrons. The summed E-state index contributed by atoms with van der Waals surface area (Å²) in [5.41, 5.74) is 0.879. The Morgan fingerprint density at radius 1 is 0.529 bits per heavy atom. The van der Waals surface area contributed by atoms with E-state index in [1.165, 1.54) is 62.4 Å². The first-order chi connectivity index (χ1) is 16.0. The molecule has 0 heterocycles. The van der Waals surface area contributed by atoms with Crippen molar-refractivity contribution in [1.29, 1.82) is 0 Å². The van der Waals surface area contributed by atoms with E-state index in [4.69, 9.17) is 55.9 Å². The monoisotopic (exact) mass is 538 g/mol. The Bertz CT molecular complexity index is 1180. The number of esters is 2. The highest BCUT2D eigenvalue weighted by molar-refractivity contribution is 6.39. The van der Waals surface area contributed by atoms with Crippen LogP contribution in [-0.4, -0.2) is 23.5 Å². The maximum absolute atomic E-state index is 12.9. The quantitative estimate of drug-likeness (QED) is 0.199. The highest BCUT2D eigenvalue weighted by atomic mass is 35.5. The van der Waals surface area contributed by atoms with Crippen LogP contribution in [0.15, 0.2) is 48.5 Å². The standard InChI is InChI=1S/C24H14Cl4O6/c1-11(29)33-23-17(25)7-15(8-18(23)26)21(31)13-3-5-14(6-4-13)22(32)16-9-19(27)24(20(28)10-16)34-12(2)30/h3-10H,1-2H3. The van der Waals surface area contributed by atoms with Gasteiger partial charge in [0.1, 0.15) is 0 Å². The predicted octanol–water partition coefficient (Wildman–Crippen LogP) is 6.61. The van der Waals surface area contributed by atoms with Crippen molar-refractivity contribution in [3.05, 3.63) is 90.9 Å².